The number of para-hydroxylation sites is 2. The molecule has 0 atom stereocenters. The van der Waals surface area contributed by atoms with Gasteiger partial charge in [0.1, 0.15) is 0 Å². The highest BCUT2D eigenvalue weighted by atomic mass is 15.0. The molecule has 0 bridgehead atoms. The molecule has 0 spiro atoms. The molecule has 0 aliphatic rings. The van der Waals surface area contributed by atoms with E-state index < -0.39 is 0 Å². The Balaban J connectivity index is 1.10. The van der Waals surface area contributed by atoms with Crippen LogP contribution in [-0.2, 0) is 0 Å². The summed E-state index contributed by atoms with van der Waals surface area (Å²) >= 11 is 0. The van der Waals surface area contributed by atoms with Crippen molar-refractivity contribution in [2.24, 2.45) is 0 Å². The highest BCUT2D eigenvalue weighted by molar-refractivity contribution is 6.14. The first kappa shape index (κ1) is 29.6. The standard InChI is InChI=1S/C50H33N3/c1-4-12-34(13-5-1)36-20-26-47-44(30-36)45-31-37(35-14-6-2-7-15-35)21-27-48(45)52(47)40-22-24-41(25-23-40)53-46-19-11-10-18-42(46)43-32-38-28-29-51(49(38)33-50(43)53)39-16-8-3-9-17-39/h1-33H. The molecule has 0 saturated carbocycles. The number of hydrogen-bond acceptors (Lipinski definition) is 0. The van der Waals surface area contributed by atoms with Crippen molar-refractivity contribution in [1.82, 2.24) is 13.7 Å². The molecule has 0 fully saturated rings. The van der Waals surface area contributed by atoms with Gasteiger partial charge in [0.25, 0.3) is 0 Å². The molecule has 3 heteroatoms. The highest BCUT2D eigenvalue weighted by Gasteiger charge is 2.18. The van der Waals surface area contributed by atoms with E-state index >= 15 is 0 Å². The van der Waals surface area contributed by atoms with E-state index in [9.17, 15) is 0 Å². The van der Waals surface area contributed by atoms with Crippen molar-refractivity contribution in [3.05, 3.63) is 200 Å². The van der Waals surface area contributed by atoms with Crippen LogP contribution in [0.25, 0.3) is 93.8 Å². The lowest BCUT2D eigenvalue weighted by Crippen LogP contribution is -1.97. The van der Waals surface area contributed by atoms with Crippen LogP contribution in [0.15, 0.2) is 200 Å². The van der Waals surface area contributed by atoms with Crippen molar-refractivity contribution in [2.45, 2.75) is 0 Å². The summed E-state index contributed by atoms with van der Waals surface area (Å²) in [6.07, 6.45) is 2.18. The summed E-state index contributed by atoms with van der Waals surface area (Å²) in [7, 11) is 0. The van der Waals surface area contributed by atoms with E-state index in [-0.39, 0.29) is 0 Å². The molecule has 0 unspecified atom stereocenters. The zero-order valence-electron chi connectivity index (χ0n) is 28.9. The first-order chi connectivity index (χ1) is 26.3. The normalized spacial score (nSPS) is 11.8. The molecule has 0 aliphatic carbocycles. The second kappa shape index (κ2) is 11.7. The highest BCUT2D eigenvalue weighted by Crippen LogP contribution is 2.39. The fraction of sp³-hybridized carbons (Fsp3) is 0. The second-order valence-corrected chi connectivity index (χ2v) is 13.8. The molecule has 3 heterocycles. The summed E-state index contributed by atoms with van der Waals surface area (Å²) < 4.78 is 7.12. The Labute approximate surface area is 306 Å². The molecule has 11 aromatic rings. The minimum Gasteiger partial charge on any atom is -0.316 e. The van der Waals surface area contributed by atoms with Gasteiger partial charge in [-0.15, -0.1) is 0 Å². The molecular weight excluding hydrogens is 643 g/mol. The van der Waals surface area contributed by atoms with Crippen LogP contribution in [0.3, 0.4) is 0 Å². The van der Waals surface area contributed by atoms with Gasteiger partial charge in [0, 0.05) is 50.2 Å². The van der Waals surface area contributed by atoms with E-state index in [1.54, 1.807) is 0 Å². The van der Waals surface area contributed by atoms with Crippen molar-refractivity contribution in [1.29, 1.82) is 0 Å². The Kier molecular flexibility index (Phi) is 6.55. The third kappa shape index (κ3) is 4.68. The maximum atomic E-state index is 2.42. The first-order valence-corrected chi connectivity index (χ1v) is 18.2. The van der Waals surface area contributed by atoms with E-state index in [1.165, 1.54) is 76.8 Å². The minimum atomic E-state index is 1.13. The maximum absolute atomic E-state index is 2.42. The molecule has 0 saturated heterocycles. The summed E-state index contributed by atoms with van der Waals surface area (Å²) in [6.45, 7) is 0. The van der Waals surface area contributed by atoms with Crippen LogP contribution in [0.1, 0.15) is 0 Å². The van der Waals surface area contributed by atoms with Crippen LogP contribution in [0.4, 0.5) is 0 Å². The molecule has 0 aliphatic heterocycles. The predicted octanol–water partition coefficient (Wildman–Crippen LogP) is 13.2. The van der Waals surface area contributed by atoms with Gasteiger partial charge in [0.15, 0.2) is 0 Å². The molecule has 248 valence electrons. The van der Waals surface area contributed by atoms with E-state index in [4.69, 9.17) is 0 Å². The van der Waals surface area contributed by atoms with Gasteiger partial charge in [0.05, 0.1) is 27.6 Å². The molecule has 3 nitrogen and oxygen atoms in total. The van der Waals surface area contributed by atoms with Crippen LogP contribution in [0.2, 0.25) is 0 Å². The van der Waals surface area contributed by atoms with Crippen LogP contribution in [0.5, 0.6) is 0 Å². The predicted molar refractivity (Wildman–Crippen MR) is 223 cm³/mol. The van der Waals surface area contributed by atoms with Gasteiger partial charge in [-0.25, -0.2) is 0 Å². The summed E-state index contributed by atoms with van der Waals surface area (Å²) in [6, 6.07) is 70.5. The molecule has 0 N–H and O–H groups in total. The lowest BCUT2D eigenvalue weighted by Gasteiger charge is -2.12. The first-order valence-electron chi connectivity index (χ1n) is 18.2. The number of fused-ring (bicyclic) bond motifs is 7. The molecule has 53 heavy (non-hydrogen) atoms. The number of benzene rings is 8. The largest absolute Gasteiger partial charge is 0.316 e. The van der Waals surface area contributed by atoms with Crippen molar-refractivity contribution in [2.75, 3.05) is 0 Å². The molecular formula is C50H33N3. The van der Waals surface area contributed by atoms with E-state index in [0.29, 0.717) is 0 Å². The number of nitrogens with zero attached hydrogens (tertiary/aromatic N) is 3. The summed E-state index contributed by atoms with van der Waals surface area (Å²) in [5.41, 5.74) is 14.3. The Morgan fingerprint density at radius 3 is 1.36 bits per heavy atom. The maximum Gasteiger partial charge on any atom is 0.0562 e. The van der Waals surface area contributed by atoms with E-state index in [0.717, 1.165) is 17.1 Å². The molecule has 0 radical (unpaired) electrons. The van der Waals surface area contributed by atoms with Crippen LogP contribution >= 0.6 is 0 Å². The summed E-state index contributed by atoms with van der Waals surface area (Å²) in [4.78, 5) is 0. The van der Waals surface area contributed by atoms with E-state index in [2.05, 4.69) is 214 Å². The second-order valence-electron chi connectivity index (χ2n) is 13.8. The fourth-order valence-electron chi connectivity index (χ4n) is 8.36. The van der Waals surface area contributed by atoms with Crippen LogP contribution in [0, 0.1) is 0 Å². The summed E-state index contributed by atoms with van der Waals surface area (Å²) in [5, 5.41) is 6.24. The fourth-order valence-corrected chi connectivity index (χ4v) is 8.36. The summed E-state index contributed by atoms with van der Waals surface area (Å²) in [5.74, 6) is 0. The van der Waals surface area contributed by atoms with Gasteiger partial charge in [-0.1, -0.05) is 109 Å². The third-order valence-electron chi connectivity index (χ3n) is 10.9. The lowest BCUT2D eigenvalue weighted by molar-refractivity contribution is 1.12. The Morgan fingerprint density at radius 2 is 0.755 bits per heavy atom. The average molecular weight is 676 g/mol. The van der Waals surface area contributed by atoms with E-state index in [1.807, 2.05) is 0 Å². The quantitative estimate of drug-likeness (QED) is 0.172. The zero-order chi connectivity index (χ0) is 34.9. The van der Waals surface area contributed by atoms with Crippen molar-refractivity contribution in [3.8, 4) is 39.3 Å². The lowest BCUT2D eigenvalue weighted by atomic mass is 10.0. The number of hydrogen-bond donors (Lipinski definition) is 0. The topological polar surface area (TPSA) is 14.8 Å². The van der Waals surface area contributed by atoms with Gasteiger partial charge < -0.3 is 13.7 Å². The van der Waals surface area contributed by atoms with Crippen molar-refractivity contribution in [3.63, 3.8) is 0 Å². The molecule has 11 rings (SSSR count). The van der Waals surface area contributed by atoms with Crippen molar-refractivity contribution < 1.29 is 0 Å². The molecule has 3 aromatic heterocycles. The third-order valence-corrected chi connectivity index (χ3v) is 10.9. The minimum absolute atomic E-state index is 1.13. The SMILES string of the molecule is c1ccc(-c2ccc3c(c2)c2cc(-c4ccccc4)ccc2n3-c2ccc(-n3c4ccccc4c4cc5ccn(-c6ccccc6)c5cc43)cc2)cc1. The Morgan fingerprint density at radius 1 is 0.264 bits per heavy atom. The average Bonchev–Trinajstić information content (AvgIpc) is 3.90. The van der Waals surface area contributed by atoms with Gasteiger partial charge in [-0.2, -0.15) is 0 Å². The zero-order valence-corrected chi connectivity index (χ0v) is 28.9. The van der Waals surface area contributed by atoms with Crippen molar-refractivity contribution >= 4 is 54.5 Å². The monoisotopic (exact) mass is 675 g/mol. The Bertz CT molecular complexity index is 3030. The van der Waals surface area contributed by atoms with Gasteiger partial charge in [-0.3, -0.25) is 0 Å². The number of aromatic nitrogens is 3. The number of rotatable bonds is 5. The Hall–Kier alpha value is -7.10. The molecule has 8 aromatic carbocycles. The van der Waals surface area contributed by atoms with Crippen LogP contribution in [-0.4, -0.2) is 13.7 Å². The van der Waals surface area contributed by atoms with Gasteiger partial charge in [-0.05, 0) is 107 Å². The van der Waals surface area contributed by atoms with Crippen LogP contribution < -0.4 is 0 Å². The molecule has 0 amide bonds. The smallest absolute Gasteiger partial charge is 0.0562 e. The van der Waals surface area contributed by atoms with Gasteiger partial charge >= 0.3 is 0 Å². The van der Waals surface area contributed by atoms with Gasteiger partial charge in [0.2, 0.25) is 0 Å².